The molecule has 170 valence electrons. The number of hydrogen-bond donors (Lipinski definition) is 0. The van der Waals surface area contributed by atoms with Gasteiger partial charge in [0.2, 0.25) is 0 Å². The Labute approximate surface area is 193 Å². The number of carbonyl (C=O) groups is 1. The second-order valence-electron chi connectivity index (χ2n) is 7.02. The van der Waals surface area contributed by atoms with Crippen LogP contribution in [0.3, 0.4) is 0 Å². The molecule has 0 unspecified atom stereocenters. The van der Waals surface area contributed by atoms with E-state index in [1.165, 1.54) is 6.26 Å². The van der Waals surface area contributed by atoms with Gasteiger partial charge in [-0.05, 0) is 79.7 Å². The van der Waals surface area contributed by atoms with Crippen molar-refractivity contribution in [1.82, 2.24) is 0 Å². The van der Waals surface area contributed by atoms with Gasteiger partial charge in [0.1, 0.15) is 34.5 Å². The normalized spacial score (nSPS) is 10.1. The van der Waals surface area contributed by atoms with Gasteiger partial charge in [-0.1, -0.05) is 13.2 Å². The second-order valence-corrected chi connectivity index (χ2v) is 7.02. The van der Waals surface area contributed by atoms with Gasteiger partial charge >= 0.3 is 5.97 Å². The molecule has 33 heavy (non-hydrogen) atoms. The summed E-state index contributed by atoms with van der Waals surface area (Å²) in [6, 6.07) is 21.9. The Bertz CT molecular complexity index is 1050. The SMILES string of the molecule is C=COc1ccc(Oc2ccc(Oc3ccc(OCCCOC(=O)C(=C)C)cc3)cc2)cc1. The van der Waals surface area contributed by atoms with Crippen molar-refractivity contribution in [3.8, 4) is 34.5 Å². The molecule has 0 N–H and O–H groups in total. The number of ether oxygens (including phenoxy) is 5. The van der Waals surface area contributed by atoms with Gasteiger partial charge in [0.05, 0.1) is 19.5 Å². The molecule has 0 aliphatic rings. The maximum Gasteiger partial charge on any atom is 0.333 e. The number of esters is 1. The molecule has 0 atom stereocenters. The zero-order valence-electron chi connectivity index (χ0n) is 18.5. The number of rotatable bonds is 12. The summed E-state index contributed by atoms with van der Waals surface area (Å²) in [7, 11) is 0. The lowest BCUT2D eigenvalue weighted by molar-refractivity contribution is -0.139. The summed E-state index contributed by atoms with van der Waals surface area (Å²) in [4.78, 5) is 11.3. The van der Waals surface area contributed by atoms with E-state index in [4.69, 9.17) is 23.7 Å². The van der Waals surface area contributed by atoms with Crippen LogP contribution < -0.4 is 18.9 Å². The van der Waals surface area contributed by atoms with Crippen molar-refractivity contribution in [2.24, 2.45) is 0 Å². The first-order valence-corrected chi connectivity index (χ1v) is 10.4. The summed E-state index contributed by atoms with van der Waals surface area (Å²) < 4.78 is 27.6. The molecule has 6 heteroatoms. The van der Waals surface area contributed by atoms with Crippen LogP contribution >= 0.6 is 0 Å². The molecule has 3 aromatic rings. The number of hydrogen-bond acceptors (Lipinski definition) is 6. The Hall–Kier alpha value is -4.19. The summed E-state index contributed by atoms with van der Waals surface area (Å²) >= 11 is 0. The number of carbonyl (C=O) groups excluding carboxylic acids is 1. The van der Waals surface area contributed by atoms with Crippen LogP contribution in [0.1, 0.15) is 13.3 Å². The largest absolute Gasteiger partial charge is 0.493 e. The molecular weight excluding hydrogens is 420 g/mol. The minimum absolute atomic E-state index is 0.293. The highest BCUT2D eigenvalue weighted by molar-refractivity contribution is 5.86. The quantitative estimate of drug-likeness (QED) is 0.134. The van der Waals surface area contributed by atoms with Gasteiger partial charge < -0.3 is 23.7 Å². The van der Waals surface area contributed by atoms with E-state index in [-0.39, 0.29) is 5.97 Å². The summed E-state index contributed by atoms with van der Waals surface area (Å²) in [5.74, 6) is 3.78. The standard InChI is InChI=1S/C27H26O6/c1-4-29-21-6-10-23(11-7-21)32-25-14-16-26(17-15-25)33-24-12-8-22(9-13-24)30-18-5-19-31-27(28)20(2)3/h4,6-17H,1-2,5,18-19H2,3H3. The van der Waals surface area contributed by atoms with E-state index in [9.17, 15) is 4.79 Å². The van der Waals surface area contributed by atoms with Crippen molar-refractivity contribution < 1.29 is 28.5 Å². The molecule has 0 aliphatic carbocycles. The van der Waals surface area contributed by atoms with Crippen molar-refractivity contribution in [2.45, 2.75) is 13.3 Å². The molecule has 0 aliphatic heterocycles. The maximum absolute atomic E-state index is 11.3. The van der Waals surface area contributed by atoms with Crippen LogP contribution in [0.15, 0.2) is 97.8 Å². The van der Waals surface area contributed by atoms with Crippen molar-refractivity contribution in [3.63, 3.8) is 0 Å². The Kier molecular flexibility index (Phi) is 8.54. The lowest BCUT2D eigenvalue weighted by Crippen LogP contribution is -2.09. The zero-order valence-corrected chi connectivity index (χ0v) is 18.5. The summed E-state index contributed by atoms with van der Waals surface area (Å²) in [5, 5.41) is 0. The van der Waals surface area contributed by atoms with Gasteiger partial charge in [-0.2, -0.15) is 0 Å². The van der Waals surface area contributed by atoms with Crippen LogP contribution in [0.25, 0.3) is 0 Å². The summed E-state index contributed by atoms with van der Waals surface area (Å²) in [5.41, 5.74) is 0.387. The Morgan fingerprint density at radius 2 is 1.15 bits per heavy atom. The molecule has 3 rings (SSSR count). The fraction of sp³-hybridized carbons (Fsp3) is 0.148. The first-order valence-electron chi connectivity index (χ1n) is 10.4. The van der Waals surface area contributed by atoms with E-state index in [0.29, 0.717) is 59.7 Å². The second kappa shape index (κ2) is 12.0. The van der Waals surface area contributed by atoms with Crippen LogP contribution in [-0.2, 0) is 9.53 Å². The van der Waals surface area contributed by atoms with Gasteiger partial charge in [0, 0.05) is 12.0 Å². The third kappa shape index (κ3) is 7.78. The predicted octanol–water partition coefficient (Wildman–Crippen LogP) is 6.68. The predicted molar refractivity (Wildman–Crippen MR) is 126 cm³/mol. The van der Waals surface area contributed by atoms with Crippen molar-refractivity contribution in [2.75, 3.05) is 13.2 Å². The van der Waals surface area contributed by atoms with Crippen LogP contribution in [0.2, 0.25) is 0 Å². The van der Waals surface area contributed by atoms with Crippen molar-refractivity contribution in [1.29, 1.82) is 0 Å². The topological polar surface area (TPSA) is 63.2 Å². The van der Waals surface area contributed by atoms with Crippen molar-refractivity contribution >= 4 is 5.97 Å². The zero-order chi connectivity index (χ0) is 23.5. The molecule has 0 amide bonds. The Morgan fingerprint density at radius 3 is 1.58 bits per heavy atom. The van der Waals surface area contributed by atoms with E-state index in [2.05, 4.69) is 13.2 Å². The molecule has 0 spiro atoms. The summed E-state index contributed by atoms with van der Waals surface area (Å²) in [6.45, 7) is 9.42. The first kappa shape index (κ1) is 23.5. The molecule has 0 heterocycles. The van der Waals surface area contributed by atoms with E-state index in [0.717, 1.165) is 0 Å². The Balaban J connectivity index is 1.43. The molecule has 0 saturated heterocycles. The lowest BCUT2D eigenvalue weighted by Gasteiger charge is -2.10. The molecule has 0 radical (unpaired) electrons. The first-order chi connectivity index (χ1) is 16.0. The van der Waals surface area contributed by atoms with Gasteiger partial charge in [-0.15, -0.1) is 0 Å². The number of benzene rings is 3. The fourth-order valence-electron chi connectivity index (χ4n) is 2.67. The molecule has 0 fully saturated rings. The fourth-order valence-corrected chi connectivity index (χ4v) is 2.67. The minimum Gasteiger partial charge on any atom is -0.493 e. The van der Waals surface area contributed by atoms with Crippen LogP contribution in [0.5, 0.6) is 34.5 Å². The average Bonchev–Trinajstić information content (AvgIpc) is 2.82. The maximum atomic E-state index is 11.3. The highest BCUT2D eigenvalue weighted by Crippen LogP contribution is 2.28. The average molecular weight is 446 g/mol. The van der Waals surface area contributed by atoms with E-state index < -0.39 is 0 Å². The molecule has 3 aromatic carbocycles. The minimum atomic E-state index is -0.385. The molecule has 6 nitrogen and oxygen atoms in total. The van der Waals surface area contributed by atoms with Gasteiger partial charge in [-0.25, -0.2) is 4.79 Å². The van der Waals surface area contributed by atoms with E-state index in [1.807, 2.05) is 60.7 Å². The van der Waals surface area contributed by atoms with Crippen LogP contribution in [0.4, 0.5) is 0 Å². The van der Waals surface area contributed by atoms with Crippen LogP contribution in [0, 0.1) is 0 Å². The van der Waals surface area contributed by atoms with E-state index in [1.54, 1.807) is 19.1 Å². The third-order valence-electron chi connectivity index (χ3n) is 4.30. The van der Waals surface area contributed by atoms with Crippen molar-refractivity contribution in [3.05, 3.63) is 97.8 Å². The van der Waals surface area contributed by atoms with Gasteiger partial charge in [0.25, 0.3) is 0 Å². The monoisotopic (exact) mass is 446 g/mol. The Morgan fingerprint density at radius 1 is 0.727 bits per heavy atom. The highest BCUT2D eigenvalue weighted by atomic mass is 16.5. The molecular formula is C27H26O6. The smallest absolute Gasteiger partial charge is 0.333 e. The van der Waals surface area contributed by atoms with E-state index >= 15 is 0 Å². The van der Waals surface area contributed by atoms with Gasteiger partial charge in [0.15, 0.2) is 0 Å². The van der Waals surface area contributed by atoms with Crippen LogP contribution in [-0.4, -0.2) is 19.2 Å². The molecule has 0 bridgehead atoms. The molecule has 0 aromatic heterocycles. The van der Waals surface area contributed by atoms with Gasteiger partial charge in [-0.3, -0.25) is 0 Å². The highest BCUT2D eigenvalue weighted by Gasteiger charge is 2.04. The summed E-state index contributed by atoms with van der Waals surface area (Å²) in [6.07, 6.45) is 1.97. The lowest BCUT2D eigenvalue weighted by atomic mass is 10.3. The third-order valence-corrected chi connectivity index (χ3v) is 4.30. The molecule has 0 saturated carbocycles.